The van der Waals surface area contributed by atoms with Crippen molar-refractivity contribution in [3.8, 4) is 0 Å². The lowest BCUT2D eigenvalue weighted by Gasteiger charge is -2.42. The van der Waals surface area contributed by atoms with Crippen LogP contribution in [-0.2, 0) is 22.3 Å². The number of alkyl halides is 3. The van der Waals surface area contributed by atoms with Gasteiger partial charge in [-0.2, -0.15) is 13.2 Å². The van der Waals surface area contributed by atoms with Crippen LogP contribution in [0.4, 0.5) is 32.8 Å². The monoisotopic (exact) mass is 523 g/mol. The highest BCUT2D eigenvalue weighted by atomic mass is 19.4. The molecule has 2 fully saturated rings. The number of hydrogen-bond donors (Lipinski definition) is 0. The zero-order valence-electron chi connectivity index (χ0n) is 20.4. The zero-order chi connectivity index (χ0) is 27.2. The summed E-state index contributed by atoms with van der Waals surface area (Å²) in [5, 5.41) is 0. The van der Waals surface area contributed by atoms with Gasteiger partial charge in [-0.1, -0.05) is 0 Å². The molecule has 4 rings (SSSR count). The SMILES string of the molecule is CC(C)(C)OC(=O)N1CCC2(CC1)C(=O)N(c1ccc(C(F)(F)F)nc1)C(=O)N2Cc1cncc(F)c1. The van der Waals surface area contributed by atoms with Gasteiger partial charge in [0.05, 0.1) is 24.6 Å². The Bertz CT molecular complexity index is 1200. The van der Waals surface area contributed by atoms with Crippen LogP contribution in [0.25, 0.3) is 0 Å². The normalized spacial score (nSPS) is 18.1. The first-order chi connectivity index (χ1) is 17.2. The summed E-state index contributed by atoms with van der Waals surface area (Å²) in [5.41, 5.74) is -3.11. The molecule has 0 saturated carbocycles. The summed E-state index contributed by atoms with van der Waals surface area (Å²) in [6.07, 6.45) is -2.00. The number of hydrogen-bond acceptors (Lipinski definition) is 6. The Morgan fingerprint density at radius 3 is 2.30 bits per heavy atom. The lowest BCUT2D eigenvalue weighted by atomic mass is 9.85. The molecule has 0 atom stereocenters. The molecule has 0 aliphatic carbocycles. The molecule has 9 nitrogen and oxygen atoms in total. The number of piperidine rings is 1. The Morgan fingerprint density at radius 1 is 1.08 bits per heavy atom. The van der Waals surface area contributed by atoms with Crippen LogP contribution in [0.1, 0.15) is 44.9 Å². The molecule has 13 heteroatoms. The molecule has 0 aromatic carbocycles. The van der Waals surface area contributed by atoms with E-state index in [1.54, 1.807) is 20.8 Å². The van der Waals surface area contributed by atoms with Crippen molar-refractivity contribution in [3.63, 3.8) is 0 Å². The van der Waals surface area contributed by atoms with E-state index in [4.69, 9.17) is 4.74 Å². The maximum Gasteiger partial charge on any atom is 0.433 e. The van der Waals surface area contributed by atoms with Crippen LogP contribution in [0.15, 0.2) is 36.8 Å². The van der Waals surface area contributed by atoms with Gasteiger partial charge in [-0.15, -0.1) is 0 Å². The van der Waals surface area contributed by atoms with Gasteiger partial charge in [0.15, 0.2) is 0 Å². The maximum atomic E-state index is 13.8. The van der Waals surface area contributed by atoms with Gasteiger partial charge in [-0.3, -0.25) is 9.78 Å². The van der Waals surface area contributed by atoms with Crippen molar-refractivity contribution in [2.24, 2.45) is 0 Å². The first-order valence-corrected chi connectivity index (χ1v) is 11.5. The number of pyridine rings is 2. The lowest BCUT2D eigenvalue weighted by Crippen LogP contribution is -2.57. The Kier molecular flexibility index (Phi) is 6.59. The van der Waals surface area contributed by atoms with Gasteiger partial charge < -0.3 is 14.5 Å². The molecule has 0 unspecified atom stereocenters. The highest BCUT2D eigenvalue weighted by molar-refractivity contribution is 6.23. The molecular formula is C24H25F4N5O4. The highest BCUT2D eigenvalue weighted by Gasteiger charge is 2.59. The number of urea groups is 1. The molecule has 2 aliphatic rings. The smallest absolute Gasteiger partial charge is 0.433 e. The number of ether oxygens (including phenoxy) is 1. The van der Waals surface area contributed by atoms with Crippen LogP contribution in [0.3, 0.4) is 0 Å². The van der Waals surface area contributed by atoms with Crippen LogP contribution in [0.5, 0.6) is 0 Å². The fourth-order valence-corrected chi connectivity index (χ4v) is 4.44. The van der Waals surface area contributed by atoms with Gasteiger partial charge in [-0.05, 0) is 57.4 Å². The van der Waals surface area contributed by atoms with Crippen LogP contribution in [-0.4, -0.2) is 62.0 Å². The van der Waals surface area contributed by atoms with Gasteiger partial charge in [0.2, 0.25) is 0 Å². The number of anilines is 1. The third kappa shape index (κ3) is 5.20. The molecular weight excluding hydrogens is 498 g/mol. The molecule has 0 bridgehead atoms. The van der Waals surface area contributed by atoms with Crippen molar-refractivity contribution in [2.75, 3.05) is 18.0 Å². The molecule has 198 valence electrons. The van der Waals surface area contributed by atoms with Crippen molar-refractivity contribution in [2.45, 2.75) is 57.5 Å². The van der Waals surface area contributed by atoms with E-state index in [1.807, 2.05) is 0 Å². The Labute approximate surface area is 210 Å². The summed E-state index contributed by atoms with van der Waals surface area (Å²) in [4.78, 5) is 50.4. The molecule has 1 spiro atoms. The third-order valence-corrected chi connectivity index (χ3v) is 6.18. The second kappa shape index (κ2) is 9.27. The number of nitrogens with zero attached hydrogens (tertiary/aromatic N) is 5. The zero-order valence-corrected chi connectivity index (χ0v) is 20.4. The Morgan fingerprint density at radius 2 is 1.76 bits per heavy atom. The number of amides is 4. The molecule has 2 aromatic rings. The summed E-state index contributed by atoms with van der Waals surface area (Å²) in [7, 11) is 0. The van der Waals surface area contributed by atoms with Crippen molar-refractivity contribution in [3.05, 3.63) is 53.9 Å². The molecule has 4 amide bonds. The Balaban J connectivity index is 1.66. The molecule has 4 heterocycles. The van der Waals surface area contributed by atoms with E-state index in [0.717, 1.165) is 23.4 Å². The van der Waals surface area contributed by atoms with E-state index >= 15 is 0 Å². The van der Waals surface area contributed by atoms with Crippen molar-refractivity contribution in [1.82, 2.24) is 19.8 Å². The van der Waals surface area contributed by atoms with Crippen LogP contribution in [0.2, 0.25) is 0 Å². The second-order valence-electron chi connectivity index (χ2n) is 9.92. The molecule has 0 N–H and O–H groups in total. The van der Waals surface area contributed by atoms with Gasteiger partial charge in [0, 0.05) is 19.3 Å². The van der Waals surface area contributed by atoms with Crippen LogP contribution in [0, 0.1) is 5.82 Å². The highest BCUT2D eigenvalue weighted by Crippen LogP contribution is 2.41. The quantitative estimate of drug-likeness (QED) is 0.438. The fraction of sp³-hybridized carbons (Fsp3) is 0.458. The second-order valence-corrected chi connectivity index (χ2v) is 9.92. The molecule has 0 radical (unpaired) electrons. The number of aromatic nitrogens is 2. The first kappa shape index (κ1) is 26.3. The van der Waals surface area contributed by atoms with Crippen molar-refractivity contribution < 1.29 is 36.7 Å². The summed E-state index contributed by atoms with van der Waals surface area (Å²) in [6.45, 7) is 5.17. The number of carbonyl (C=O) groups excluding carboxylic acids is 3. The minimum atomic E-state index is -4.69. The average Bonchev–Trinajstić information content (AvgIpc) is 2.99. The lowest BCUT2D eigenvalue weighted by molar-refractivity contribution is -0.141. The van der Waals surface area contributed by atoms with E-state index in [1.165, 1.54) is 22.1 Å². The summed E-state index contributed by atoms with van der Waals surface area (Å²) in [5.74, 6) is -1.29. The summed E-state index contributed by atoms with van der Waals surface area (Å²) >= 11 is 0. The number of rotatable bonds is 3. The summed E-state index contributed by atoms with van der Waals surface area (Å²) in [6, 6.07) is 2.08. The van der Waals surface area contributed by atoms with E-state index in [9.17, 15) is 31.9 Å². The maximum absolute atomic E-state index is 13.8. The average molecular weight is 523 g/mol. The number of likely N-dealkylation sites (tertiary alicyclic amines) is 1. The third-order valence-electron chi connectivity index (χ3n) is 6.18. The van der Waals surface area contributed by atoms with Crippen molar-refractivity contribution >= 4 is 23.7 Å². The first-order valence-electron chi connectivity index (χ1n) is 11.5. The van der Waals surface area contributed by atoms with Crippen LogP contribution < -0.4 is 4.90 Å². The largest absolute Gasteiger partial charge is 0.444 e. The van der Waals surface area contributed by atoms with Crippen LogP contribution >= 0.6 is 0 Å². The number of halogens is 4. The topological polar surface area (TPSA) is 95.9 Å². The van der Waals surface area contributed by atoms with Crippen molar-refractivity contribution in [1.29, 1.82) is 0 Å². The molecule has 2 aromatic heterocycles. The Hall–Kier alpha value is -3.77. The molecule has 2 saturated heterocycles. The summed E-state index contributed by atoms with van der Waals surface area (Å²) < 4.78 is 58.1. The predicted molar refractivity (Wildman–Crippen MR) is 122 cm³/mol. The van der Waals surface area contributed by atoms with Gasteiger partial charge >= 0.3 is 18.3 Å². The predicted octanol–water partition coefficient (Wildman–Crippen LogP) is 4.37. The van der Waals surface area contributed by atoms with Gasteiger partial charge in [0.1, 0.15) is 22.7 Å². The molecule has 2 aliphatic heterocycles. The minimum absolute atomic E-state index is 0.0458. The van der Waals surface area contributed by atoms with E-state index in [-0.39, 0.29) is 38.2 Å². The standard InChI is InChI=1S/C24H25F4N5O4/c1-22(2,3)37-21(36)31-8-6-23(7-9-31)19(34)33(17-4-5-18(30-13-17)24(26,27)28)20(35)32(23)14-15-10-16(25)12-29-11-15/h4-5,10-13H,6-9,14H2,1-3H3. The van der Waals surface area contributed by atoms with E-state index < -0.39 is 46.9 Å². The number of carbonyl (C=O) groups is 3. The van der Waals surface area contributed by atoms with E-state index in [0.29, 0.717) is 11.6 Å². The van der Waals surface area contributed by atoms with Gasteiger partial charge in [-0.25, -0.2) is 23.9 Å². The van der Waals surface area contributed by atoms with E-state index in [2.05, 4.69) is 9.97 Å². The minimum Gasteiger partial charge on any atom is -0.444 e. The number of imide groups is 1. The van der Waals surface area contributed by atoms with Gasteiger partial charge in [0.25, 0.3) is 5.91 Å². The molecule has 37 heavy (non-hydrogen) atoms. The fourth-order valence-electron chi connectivity index (χ4n) is 4.44.